The molecule has 23 heteroatoms. The summed E-state index contributed by atoms with van der Waals surface area (Å²) < 4.78 is 34.3. The highest BCUT2D eigenvalue weighted by Gasteiger charge is 2.15. The number of amides is 5. The molecule has 0 aromatic carbocycles. The fourth-order valence-corrected chi connectivity index (χ4v) is 5.77. The number of rotatable bonds is 36. The van der Waals surface area contributed by atoms with Crippen molar-refractivity contribution >= 4 is 59.0 Å². The molecule has 0 saturated heterocycles. The molecule has 0 bridgehead atoms. The van der Waals surface area contributed by atoms with Crippen molar-refractivity contribution in [1.82, 2.24) is 41.6 Å². The van der Waals surface area contributed by atoms with Gasteiger partial charge in [-0.25, -0.2) is 9.48 Å². The zero-order valence-corrected chi connectivity index (χ0v) is 40.1. The second-order valence-electron chi connectivity index (χ2n) is 16.2. The molecule has 1 heterocycles. The van der Waals surface area contributed by atoms with Crippen LogP contribution in [-0.4, -0.2) is 177 Å². The van der Waals surface area contributed by atoms with Crippen molar-refractivity contribution in [2.24, 2.45) is 10.6 Å². The van der Waals surface area contributed by atoms with Crippen LogP contribution in [0.2, 0.25) is 0 Å². The number of nitrogens with zero attached hydrogens (tertiary/aromatic N) is 4. The van der Waals surface area contributed by atoms with Crippen molar-refractivity contribution in [3.8, 4) is 0 Å². The van der Waals surface area contributed by atoms with Crippen molar-refractivity contribution in [1.29, 1.82) is 0 Å². The Balaban J connectivity index is 2.03. The van der Waals surface area contributed by atoms with E-state index in [1.165, 1.54) is 0 Å². The number of hydrogen-bond donors (Lipinski definition) is 5. The number of thioether (sulfide) groups is 2. The summed E-state index contributed by atoms with van der Waals surface area (Å²) in [6.45, 7) is 21.1. The summed E-state index contributed by atoms with van der Waals surface area (Å²) in [6, 6.07) is 0. The molecule has 63 heavy (non-hydrogen) atoms. The van der Waals surface area contributed by atoms with E-state index < -0.39 is 36.3 Å². The maximum Gasteiger partial charge on any atom is 0.407 e. The van der Waals surface area contributed by atoms with E-state index in [2.05, 4.69) is 97.4 Å². The van der Waals surface area contributed by atoms with Crippen molar-refractivity contribution in [2.45, 2.75) is 85.0 Å². The monoisotopic (exact) mass is 935 g/mol. The Kier molecular flexibility index (Phi) is 31.5. The third-order valence-electron chi connectivity index (χ3n) is 7.59. The number of aromatic nitrogens is 3. The molecule has 0 aliphatic carbocycles. The topological polar surface area (TPSA) is 253 Å². The second-order valence-corrected chi connectivity index (χ2v) is 19.6. The molecule has 1 aromatic rings. The summed E-state index contributed by atoms with van der Waals surface area (Å²) in [7, 11) is 0. The molecule has 0 spiro atoms. The van der Waals surface area contributed by atoms with Gasteiger partial charge in [-0.3, -0.25) is 19.2 Å². The molecule has 0 fully saturated rings. The summed E-state index contributed by atoms with van der Waals surface area (Å²) in [4.78, 5) is 65.6. The molecule has 0 unspecified atom stereocenters. The van der Waals surface area contributed by atoms with Crippen LogP contribution in [0, 0.1) is 5.41 Å². The number of ether oxygens (including phenoxy) is 6. The first-order valence-electron chi connectivity index (χ1n) is 21.1. The maximum absolute atomic E-state index is 12.1. The highest BCUT2D eigenvalue weighted by atomic mass is 32.2. The van der Waals surface area contributed by atoms with Crippen molar-refractivity contribution in [3.63, 3.8) is 0 Å². The summed E-state index contributed by atoms with van der Waals surface area (Å²) in [5.74, 6) is -0.924. The van der Waals surface area contributed by atoms with Crippen LogP contribution >= 0.6 is 23.5 Å². The minimum absolute atomic E-state index is 0.0517. The third-order valence-corrected chi connectivity index (χ3v) is 10.1. The normalized spacial score (nSPS) is 11.9. The fourth-order valence-electron chi connectivity index (χ4n) is 4.20. The van der Waals surface area contributed by atoms with Gasteiger partial charge in [0.15, 0.2) is 6.61 Å². The summed E-state index contributed by atoms with van der Waals surface area (Å²) in [5, 5.41) is 24.7. The molecule has 362 valence electrons. The van der Waals surface area contributed by atoms with E-state index in [0.717, 1.165) is 18.7 Å². The predicted molar refractivity (Wildman–Crippen MR) is 242 cm³/mol. The Bertz CT molecular complexity index is 1470. The standard InChI is InChI=1S/C40H73N9O12S2/c1-31(2)62-29-33(30-63-40(6,7)8)47-61-28-37(53)45-25-36(52)44-24-35(51)43-23-34(50)41-10-11-42-38(54)60-27-32-26-49(48-46-32)12-14-56-16-18-58-20-22-59-21-19-57-17-15-55-13-9-39(3,4)5/h26,31H,9-25,27-30H2,1-8H3,(H,41,50)(H,42,54)(H,43,51)(H,44,52)(H,45,53)/b47-33+. The molecular formula is C40H73N9O12S2. The second kappa shape index (κ2) is 34.6. The summed E-state index contributed by atoms with van der Waals surface area (Å²) >= 11 is 3.45. The van der Waals surface area contributed by atoms with Crippen LogP contribution in [0.4, 0.5) is 4.79 Å². The molecule has 5 amide bonds. The lowest BCUT2D eigenvalue weighted by molar-refractivity contribution is -0.130. The van der Waals surface area contributed by atoms with E-state index in [4.69, 9.17) is 33.3 Å². The van der Waals surface area contributed by atoms with Gasteiger partial charge in [-0.05, 0) is 17.1 Å². The summed E-state index contributed by atoms with van der Waals surface area (Å²) in [6.07, 6.45) is 1.94. The van der Waals surface area contributed by atoms with Gasteiger partial charge in [0.05, 0.1) is 97.5 Å². The number of hydrogen-bond acceptors (Lipinski definition) is 17. The van der Waals surface area contributed by atoms with Gasteiger partial charge in [0.25, 0.3) is 5.91 Å². The molecular weight excluding hydrogens is 863 g/mol. The van der Waals surface area contributed by atoms with Crippen LogP contribution in [0.25, 0.3) is 0 Å². The van der Waals surface area contributed by atoms with E-state index in [1.807, 2.05) is 0 Å². The molecule has 0 saturated carbocycles. The number of oxime groups is 1. The Hall–Kier alpha value is -3.74. The van der Waals surface area contributed by atoms with Gasteiger partial charge in [0, 0.05) is 35.9 Å². The van der Waals surface area contributed by atoms with Crippen LogP contribution < -0.4 is 26.6 Å². The minimum atomic E-state index is -0.717. The average Bonchev–Trinajstić information content (AvgIpc) is 3.68. The Labute approximate surface area is 381 Å². The van der Waals surface area contributed by atoms with E-state index in [1.54, 1.807) is 34.4 Å². The molecule has 0 aliphatic heterocycles. The molecule has 0 radical (unpaired) electrons. The van der Waals surface area contributed by atoms with Gasteiger partial charge >= 0.3 is 6.09 Å². The van der Waals surface area contributed by atoms with Gasteiger partial charge in [0.1, 0.15) is 12.3 Å². The zero-order valence-electron chi connectivity index (χ0n) is 38.5. The minimum Gasteiger partial charge on any atom is -0.443 e. The van der Waals surface area contributed by atoms with E-state index in [-0.39, 0.29) is 49.6 Å². The van der Waals surface area contributed by atoms with Crippen LogP contribution in [0.15, 0.2) is 11.4 Å². The molecule has 0 aliphatic rings. The Morgan fingerprint density at radius 3 is 1.73 bits per heavy atom. The van der Waals surface area contributed by atoms with Gasteiger partial charge in [-0.1, -0.05) is 65.8 Å². The Morgan fingerprint density at radius 1 is 0.683 bits per heavy atom. The fraction of sp³-hybridized carbons (Fsp3) is 0.800. The van der Waals surface area contributed by atoms with Crippen LogP contribution in [0.1, 0.15) is 67.5 Å². The van der Waals surface area contributed by atoms with E-state index >= 15 is 0 Å². The highest BCUT2D eigenvalue weighted by Crippen LogP contribution is 2.24. The quantitative estimate of drug-likeness (QED) is 0.0364. The molecule has 5 N–H and O–H groups in total. The van der Waals surface area contributed by atoms with Crippen molar-refractivity contribution < 1.29 is 57.2 Å². The van der Waals surface area contributed by atoms with Gasteiger partial charge in [0.2, 0.25) is 17.7 Å². The third kappa shape index (κ3) is 37.4. The van der Waals surface area contributed by atoms with Crippen molar-refractivity contribution in [3.05, 3.63) is 11.9 Å². The first-order chi connectivity index (χ1) is 29.9. The van der Waals surface area contributed by atoms with Crippen LogP contribution in [0.5, 0.6) is 0 Å². The SMILES string of the molecule is CC(C)SC/C(CSC(C)(C)C)=N\OCC(=O)NCC(=O)NCC(=O)NCC(=O)NCCNC(=O)OCc1cn(CCOCCOCCOCCOCCOCCC(C)(C)C)nn1. The first-order valence-corrected chi connectivity index (χ1v) is 23.1. The maximum atomic E-state index is 12.1. The predicted octanol–water partition coefficient (Wildman–Crippen LogP) is 1.53. The molecule has 21 nitrogen and oxygen atoms in total. The number of nitrogens with one attached hydrogen (secondary N) is 5. The van der Waals surface area contributed by atoms with Gasteiger partial charge in [-0.2, -0.15) is 11.8 Å². The van der Waals surface area contributed by atoms with Crippen molar-refractivity contribution in [2.75, 3.05) is 117 Å². The molecule has 1 aromatic heterocycles. The largest absolute Gasteiger partial charge is 0.443 e. The lowest BCUT2D eigenvalue weighted by atomic mass is 9.93. The molecule has 0 atom stereocenters. The number of alkyl carbamates (subject to hydrolysis) is 1. The lowest BCUT2D eigenvalue weighted by Gasteiger charge is -2.18. The lowest BCUT2D eigenvalue weighted by Crippen LogP contribution is -2.45. The van der Waals surface area contributed by atoms with Crippen LogP contribution in [0.3, 0.4) is 0 Å². The van der Waals surface area contributed by atoms with E-state index in [9.17, 15) is 24.0 Å². The summed E-state index contributed by atoms with van der Waals surface area (Å²) in [5.41, 5.74) is 1.53. The van der Waals surface area contributed by atoms with E-state index in [0.29, 0.717) is 88.5 Å². The smallest absolute Gasteiger partial charge is 0.407 e. The number of carbonyl (C=O) groups excluding carboxylic acids is 5. The van der Waals surface area contributed by atoms with Gasteiger partial charge in [-0.15, -0.1) is 16.9 Å². The number of carbonyl (C=O) groups is 5. The first kappa shape index (κ1) is 57.3. The van der Waals surface area contributed by atoms with Crippen LogP contribution in [-0.2, 0) is 65.6 Å². The Morgan fingerprint density at radius 2 is 1.19 bits per heavy atom. The average molecular weight is 936 g/mol. The zero-order chi connectivity index (χ0) is 46.8. The highest BCUT2D eigenvalue weighted by molar-refractivity contribution is 8.02. The van der Waals surface area contributed by atoms with Gasteiger partial charge < -0.3 is 59.8 Å². The molecule has 1 rings (SSSR count).